The van der Waals surface area contributed by atoms with E-state index in [9.17, 15) is 19.8 Å². The minimum absolute atomic E-state index is 0.0101. The molecule has 0 aromatic heterocycles. The molecule has 6 nitrogen and oxygen atoms in total. The highest BCUT2D eigenvalue weighted by atomic mass is 16.4. The van der Waals surface area contributed by atoms with Gasteiger partial charge in [-0.05, 0) is 113 Å². The summed E-state index contributed by atoms with van der Waals surface area (Å²) >= 11 is 0. The Kier molecular flexibility index (Phi) is 7.51. The van der Waals surface area contributed by atoms with Crippen molar-refractivity contribution in [3.63, 3.8) is 0 Å². The number of nitrogens with zero attached hydrogens (tertiary/aromatic N) is 2. The molecule has 0 atom stereocenters. The smallest absolute Gasteiger partial charge is 0.318 e. The van der Waals surface area contributed by atoms with E-state index in [1.54, 1.807) is 0 Å². The first-order valence-electron chi connectivity index (χ1n) is 12.7. The highest BCUT2D eigenvalue weighted by Crippen LogP contribution is 2.61. The molecule has 2 N–H and O–H groups in total. The van der Waals surface area contributed by atoms with Gasteiger partial charge < -0.3 is 10.2 Å². The predicted molar refractivity (Wildman–Crippen MR) is 133 cm³/mol. The lowest BCUT2D eigenvalue weighted by molar-refractivity contribution is -0.185. The Bertz CT molecular complexity index is 663. The van der Waals surface area contributed by atoms with Crippen LogP contribution in [0.25, 0.3) is 0 Å². The molecular weight excluding hydrogens is 416 g/mol. The highest BCUT2D eigenvalue weighted by Gasteiger charge is 2.62. The van der Waals surface area contributed by atoms with Crippen LogP contribution in [0.1, 0.15) is 101 Å². The molecule has 2 heterocycles. The summed E-state index contributed by atoms with van der Waals surface area (Å²) in [6.07, 6.45) is 4.61. The Hall–Kier alpha value is -1.14. The second kappa shape index (κ2) is 8.82. The normalized spacial score (nSPS) is 26.4. The summed E-state index contributed by atoms with van der Waals surface area (Å²) in [7, 11) is 4.29. The molecule has 2 saturated heterocycles. The first-order chi connectivity index (χ1) is 14.8. The zero-order chi connectivity index (χ0) is 25.8. The quantitative estimate of drug-likeness (QED) is 0.492. The lowest BCUT2D eigenvalue weighted by atomic mass is 9.48. The lowest BCUT2D eigenvalue weighted by Gasteiger charge is -2.63. The average Bonchev–Trinajstić information content (AvgIpc) is 2.61. The number of aliphatic carboxylic acids is 2. The van der Waals surface area contributed by atoms with Gasteiger partial charge >= 0.3 is 11.9 Å². The molecule has 0 aliphatic carbocycles. The summed E-state index contributed by atoms with van der Waals surface area (Å²) in [6.45, 7) is 19.8. The maximum Gasteiger partial charge on any atom is 0.318 e. The minimum Gasteiger partial charge on any atom is -0.481 e. The second-order valence-corrected chi connectivity index (χ2v) is 13.5. The highest BCUT2D eigenvalue weighted by molar-refractivity contribution is 5.94. The molecule has 2 aliphatic rings. The van der Waals surface area contributed by atoms with Crippen molar-refractivity contribution in [1.29, 1.82) is 0 Å². The monoisotopic (exact) mass is 466 g/mol. The standard InChI is InChI=1S/C27H50N2O4/c1-12-13-27(20(21(30)31)22(32)33,18-14-23(2,3)28(10)24(4,5)15-18)19-16-25(6,7)29(11)26(8,9)17-19/h18-20H,12-17H2,1-11H3,(H,30,31)(H,32,33). The van der Waals surface area contributed by atoms with Crippen LogP contribution in [-0.2, 0) is 9.59 Å². The molecule has 0 amide bonds. The van der Waals surface area contributed by atoms with Gasteiger partial charge in [0.1, 0.15) is 0 Å². The fourth-order valence-electron chi connectivity index (χ4n) is 7.86. The third-order valence-electron chi connectivity index (χ3n) is 9.85. The Morgan fingerprint density at radius 3 is 1.24 bits per heavy atom. The third kappa shape index (κ3) is 4.84. The summed E-state index contributed by atoms with van der Waals surface area (Å²) in [4.78, 5) is 30.2. The summed E-state index contributed by atoms with van der Waals surface area (Å²) in [5, 5.41) is 20.8. The number of hydrogen-bond donors (Lipinski definition) is 2. The summed E-state index contributed by atoms with van der Waals surface area (Å²) in [5.41, 5.74) is -1.40. The van der Waals surface area contributed by atoms with Gasteiger partial charge in [-0.25, -0.2) is 0 Å². The van der Waals surface area contributed by atoms with Gasteiger partial charge in [0, 0.05) is 27.6 Å². The average molecular weight is 467 g/mol. The predicted octanol–water partition coefficient (Wildman–Crippen LogP) is 5.36. The largest absolute Gasteiger partial charge is 0.481 e. The van der Waals surface area contributed by atoms with Gasteiger partial charge in [0.2, 0.25) is 0 Å². The van der Waals surface area contributed by atoms with Crippen molar-refractivity contribution < 1.29 is 19.8 Å². The number of carbonyl (C=O) groups is 2. The second-order valence-electron chi connectivity index (χ2n) is 13.5. The number of rotatable bonds is 7. The van der Waals surface area contributed by atoms with E-state index in [4.69, 9.17) is 0 Å². The molecule has 2 aliphatic heterocycles. The van der Waals surface area contributed by atoms with Crippen molar-refractivity contribution >= 4 is 11.9 Å². The summed E-state index contributed by atoms with van der Waals surface area (Å²) in [6, 6.07) is 0. The molecule has 33 heavy (non-hydrogen) atoms. The van der Waals surface area contributed by atoms with E-state index < -0.39 is 23.3 Å². The van der Waals surface area contributed by atoms with Crippen LogP contribution in [0.3, 0.4) is 0 Å². The van der Waals surface area contributed by atoms with Crippen molar-refractivity contribution in [3.8, 4) is 0 Å². The van der Waals surface area contributed by atoms with Crippen LogP contribution in [-0.4, -0.2) is 68.2 Å². The van der Waals surface area contributed by atoms with Gasteiger partial charge in [0.15, 0.2) is 5.92 Å². The molecule has 2 fully saturated rings. The van der Waals surface area contributed by atoms with E-state index in [2.05, 4.69) is 86.2 Å². The van der Waals surface area contributed by atoms with Crippen LogP contribution in [0.5, 0.6) is 0 Å². The number of carboxylic acids is 2. The summed E-state index contributed by atoms with van der Waals surface area (Å²) < 4.78 is 0. The molecule has 0 saturated carbocycles. The number of piperidine rings is 2. The Balaban J connectivity index is 2.81. The van der Waals surface area contributed by atoms with Gasteiger partial charge in [0.25, 0.3) is 0 Å². The fourth-order valence-corrected chi connectivity index (χ4v) is 7.86. The first kappa shape index (κ1) is 28.1. The van der Waals surface area contributed by atoms with Gasteiger partial charge in [-0.1, -0.05) is 13.3 Å². The van der Waals surface area contributed by atoms with E-state index in [1.165, 1.54) is 0 Å². The molecule has 0 bridgehead atoms. The zero-order valence-corrected chi connectivity index (χ0v) is 23.1. The van der Waals surface area contributed by atoms with Crippen LogP contribution in [0.4, 0.5) is 0 Å². The first-order valence-corrected chi connectivity index (χ1v) is 12.7. The van der Waals surface area contributed by atoms with E-state index in [1.807, 2.05) is 0 Å². The molecule has 0 radical (unpaired) electrons. The fraction of sp³-hybridized carbons (Fsp3) is 0.926. The van der Waals surface area contributed by atoms with Crippen molar-refractivity contribution in [2.45, 2.75) is 123 Å². The minimum atomic E-state index is -1.41. The van der Waals surface area contributed by atoms with Crippen molar-refractivity contribution in [2.24, 2.45) is 23.2 Å². The van der Waals surface area contributed by atoms with Gasteiger partial charge in [-0.2, -0.15) is 0 Å². The summed E-state index contributed by atoms with van der Waals surface area (Å²) in [5.74, 6) is -3.75. The van der Waals surface area contributed by atoms with Crippen molar-refractivity contribution in [3.05, 3.63) is 0 Å². The van der Waals surface area contributed by atoms with Crippen LogP contribution in [0.2, 0.25) is 0 Å². The lowest BCUT2D eigenvalue weighted by Crippen LogP contribution is -2.66. The molecule has 2 rings (SSSR count). The van der Waals surface area contributed by atoms with Crippen LogP contribution >= 0.6 is 0 Å². The molecule has 192 valence electrons. The third-order valence-corrected chi connectivity index (χ3v) is 9.85. The van der Waals surface area contributed by atoms with E-state index in [-0.39, 0.29) is 34.0 Å². The van der Waals surface area contributed by atoms with Crippen molar-refractivity contribution in [2.75, 3.05) is 14.1 Å². The molecule has 0 aromatic rings. The topological polar surface area (TPSA) is 81.1 Å². The maximum atomic E-state index is 12.7. The van der Waals surface area contributed by atoms with Gasteiger partial charge in [0.05, 0.1) is 0 Å². The zero-order valence-electron chi connectivity index (χ0n) is 23.1. The molecule has 0 unspecified atom stereocenters. The van der Waals surface area contributed by atoms with E-state index in [0.29, 0.717) is 6.42 Å². The number of hydrogen-bond acceptors (Lipinski definition) is 4. The van der Waals surface area contributed by atoms with E-state index in [0.717, 1.165) is 32.1 Å². The molecule has 6 heteroatoms. The molecular formula is C27H50N2O4. The van der Waals surface area contributed by atoms with Gasteiger partial charge in [-0.3, -0.25) is 19.4 Å². The maximum absolute atomic E-state index is 12.7. The SMILES string of the molecule is CCCC(C1CC(C)(C)N(C)C(C)(C)C1)(C1CC(C)(C)N(C)C(C)(C)C1)C(C(=O)O)C(=O)O. The van der Waals surface area contributed by atoms with Crippen LogP contribution in [0, 0.1) is 23.2 Å². The number of carboxylic acid groups (broad SMARTS) is 2. The Morgan fingerprint density at radius 2 is 1.03 bits per heavy atom. The Morgan fingerprint density at radius 1 is 0.758 bits per heavy atom. The van der Waals surface area contributed by atoms with Crippen molar-refractivity contribution in [1.82, 2.24) is 9.80 Å². The van der Waals surface area contributed by atoms with Crippen LogP contribution in [0.15, 0.2) is 0 Å². The Labute approximate surface area is 202 Å². The molecule has 0 aromatic carbocycles. The van der Waals surface area contributed by atoms with E-state index >= 15 is 0 Å². The van der Waals surface area contributed by atoms with Crippen LogP contribution < -0.4 is 0 Å². The van der Waals surface area contributed by atoms with Gasteiger partial charge in [-0.15, -0.1) is 0 Å². The molecule has 0 spiro atoms. The number of likely N-dealkylation sites (tertiary alicyclic amines) is 2.